The Bertz CT molecular complexity index is 387. The summed E-state index contributed by atoms with van der Waals surface area (Å²) in [5.41, 5.74) is 6.17. The molecular formula is C13H21N3O2. The SMILES string of the molecule is CN(C(=O)OC(C)(C)C)C(CN)c1ccncc1. The Morgan fingerprint density at radius 2 is 2.00 bits per heavy atom. The minimum Gasteiger partial charge on any atom is -0.444 e. The molecule has 100 valence electrons. The first kappa shape index (κ1) is 14.4. The predicted octanol–water partition coefficient (Wildman–Crippen LogP) is 1.95. The van der Waals surface area contributed by atoms with Crippen LogP contribution in [0.5, 0.6) is 0 Å². The van der Waals surface area contributed by atoms with Gasteiger partial charge in [0.1, 0.15) is 5.60 Å². The van der Waals surface area contributed by atoms with Crippen molar-refractivity contribution in [2.75, 3.05) is 13.6 Å². The molecule has 1 rings (SSSR count). The van der Waals surface area contributed by atoms with Gasteiger partial charge in [0.15, 0.2) is 0 Å². The number of nitrogens with zero attached hydrogens (tertiary/aromatic N) is 2. The number of carbonyl (C=O) groups excluding carboxylic acids is 1. The van der Waals surface area contributed by atoms with Crippen LogP contribution in [0, 0.1) is 0 Å². The third kappa shape index (κ3) is 4.00. The number of pyridine rings is 1. The quantitative estimate of drug-likeness (QED) is 0.891. The number of aromatic nitrogens is 1. The van der Waals surface area contributed by atoms with E-state index in [2.05, 4.69) is 4.98 Å². The van der Waals surface area contributed by atoms with E-state index in [0.29, 0.717) is 6.54 Å². The zero-order valence-electron chi connectivity index (χ0n) is 11.4. The van der Waals surface area contributed by atoms with Gasteiger partial charge in [-0.2, -0.15) is 0 Å². The number of nitrogens with two attached hydrogens (primary N) is 1. The minimum absolute atomic E-state index is 0.206. The molecule has 0 aromatic carbocycles. The van der Waals surface area contributed by atoms with Crippen LogP contribution in [-0.2, 0) is 4.74 Å². The van der Waals surface area contributed by atoms with Crippen molar-refractivity contribution in [3.05, 3.63) is 30.1 Å². The van der Waals surface area contributed by atoms with Gasteiger partial charge in [-0.3, -0.25) is 4.98 Å². The topological polar surface area (TPSA) is 68.5 Å². The summed E-state index contributed by atoms with van der Waals surface area (Å²) < 4.78 is 5.32. The molecule has 0 aliphatic rings. The number of ether oxygens (including phenoxy) is 1. The van der Waals surface area contributed by atoms with E-state index in [1.165, 1.54) is 4.90 Å². The highest BCUT2D eigenvalue weighted by molar-refractivity contribution is 5.68. The van der Waals surface area contributed by atoms with Crippen LogP contribution in [0.1, 0.15) is 32.4 Å². The normalized spacial score (nSPS) is 12.9. The van der Waals surface area contributed by atoms with Gasteiger partial charge in [-0.1, -0.05) is 0 Å². The van der Waals surface area contributed by atoms with E-state index >= 15 is 0 Å². The van der Waals surface area contributed by atoms with Gasteiger partial charge in [-0.05, 0) is 38.5 Å². The molecule has 0 saturated heterocycles. The van der Waals surface area contributed by atoms with Crippen LogP contribution in [0.4, 0.5) is 4.79 Å². The number of rotatable bonds is 3. The first-order valence-corrected chi connectivity index (χ1v) is 5.91. The smallest absolute Gasteiger partial charge is 0.410 e. The van der Waals surface area contributed by atoms with Crippen LogP contribution in [0.15, 0.2) is 24.5 Å². The van der Waals surface area contributed by atoms with Crippen LogP contribution < -0.4 is 5.73 Å². The molecule has 0 aliphatic heterocycles. The van der Waals surface area contributed by atoms with Crippen molar-refractivity contribution in [1.29, 1.82) is 0 Å². The van der Waals surface area contributed by atoms with E-state index in [0.717, 1.165) is 5.56 Å². The molecule has 1 heterocycles. The van der Waals surface area contributed by atoms with Crippen molar-refractivity contribution in [3.8, 4) is 0 Å². The van der Waals surface area contributed by atoms with E-state index in [-0.39, 0.29) is 12.1 Å². The van der Waals surface area contributed by atoms with Crippen LogP contribution in [0.2, 0.25) is 0 Å². The molecular weight excluding hydrogens is 230 g/mol. The summed E-state index contributed by atoms with van der Waals surface area (Å²) in [5, 5.41) is 0. The molecule has 0 saturated carbocycles. The third-order valence-corrected chi connectivity index (χ3v) is 2.46. The summed E-state index contributed by atoms with van der Waals surface area (Å²) in [6.07, 6.45) is 2.98. The Hall–Kier alpha value is -1.62. The molecule has 5 nitrogen and oxygen atoms in total. The molecule has 0 fully saturated rings. The van der Waals surface area contributed by atoms with E-state index in [9.17, 15) is 4.79 Å². The molecule has 0 bridgehead atoms. The van der Waals surface area contributed by atoms with Crippen molar-refractivity contribution in [1.82, 2.24) is 9.88 Å². The first-order valence-electron chi connectivity index (χ1n) is 5.91. The molecule has 1 atom stereocenters. The van der Waals surface area contributed by atoms with Gasteiger partial charge in [-0.15, -0.1) is 0 Å². The van der Waals surface area contributed by atoms with E-state index < -0.39 is 5.60 Å². The van der Waals surface area contributed by atoms with Crippen LogP contribution in [0.25, 0.3) is 0 Å². The maximum Gasteiger partial charge on any atom is 0.410 e. The van der Waals surface area contributed by atoms with Gasteiger partial charge in [-0.25, -0.2) is 4.79 Å². The molecule has 0 radical (unpaired) electrons. The Morgan fingerprint density at radius 3 is 2.44 bits per heavy atom. The average Bonchev–Trinajstić information content (AvgIpc) is 2.29. The summed E-state index contributed by atoms with van der Waals surface area (Å²) in [6, 6.07) is 3.49. The average molecular weight is 251 g/mol. The van der Waals surface area contributed by atoms with Gasteiger partial charge in [0.25, 0.3) is 0 Å². The van der Waals surface area contributed by atoms with E-state index in [1.54, 1.807) is 19.4 Å². The lowest BCUT2D eigenvalue weighted by molar-refractivity contribution is 0.0225. The van der Waals surface area contributed by atoms with Crippen molar-refractivity contribution >= 4 is 6.09 Å². The number of hydrogen-bond donors (Lipinski definition) is 1. The molecule has 1 unspecified atom stereocenters. The lowest BCUT2D eigenvalue weighted by atomic mass is 10.1. The second-order valence-corrected chi connectivity index (χ2v) is 5.12. The fourth-order valence-electron chi connectivity index (χ4n) is 1.56. The Labute approximate surface area is 108 Å². The number of likely N-dealkylation sites (N-methyl/N-ethyl adjacent to an activating group) is 1. The lowest BCUT2D eigenvalue weighted by Crippen LogP contribution is -2.39. The standard InChI is InChI=1S/C13H21N3O2/c1-13(2,3)18-12(17)16(4)11(9-14)10-5-7-15-8-6-10/h5-8,11H,9,14H2,1-4H3. The highest BCUT2D eigenvalue weighted by atomic mass is 16.6. The zero-order chi connectivity index (χ0) is 13.8. The fourth-order valence-corrected chi connectivity index (χ4v) is 1.56. The van der Waals surface area contributed by atoms with E-state index in [1.807, 2.05) is 32.9 Å². The third-order valence-electron chi connectivity index (χ3n) is 2.46. The van der Waals surface area contributed by atoms with Crippen molar-refractivity contribution < 1.29 is 9.53 Å². The highest BCUT2D eigenvalue weighted by Crippen LogP contribution is 2.20. The maximum absolute atomic E-state index is 12.0. The highest BCUT2D eigenvalue weighted by Gasteiger charge is 2.25. The summed E-state index contributed by atoms with van der Waals surface area (Å²) in [5.74, 6) is 0. The Kier molecular flexibility index (Phi) is 4.67. The van der Waals surface area contributed by atoms with Crippen LogP contribution in [0.3, 0.4) is 0 Å². The second kappa shape index (κ2) is 5.82. The molecule has 18 heavy (non-hydrogen) atoms. The Balaban J connectivity index is 2.80. The first-order chi connectivity index (χ1) is 8.35. The zero-order valence-corrected chi connectivity index (χ0v) is 11.4. The van der Waals surface area contributed by atoms with Crippen molar-refractivity contribution in [3.63, 3.8) is 0 Å². The monoisotopic (exact) mass is 251 g/mol. The molecule has 5 heteroatoms. The molecule has 0 spiro atoms. The maximum atomic E-state index is 12.0. The largest absolute Gasteiger partial charge is 0.444 e. The van der Waals surface area contributed by atoms with E-state index in [4.69, 9.17) is 10.5 Å². The van der Waals surface area contributed by atoms with Gasteiger partial charge >= 0.3 is 6.09 Å². The van der Waals surface area contributed by atoms with Gasteiger partial charge in [0, 0.05) is 26.0 Å². The molecule has 1 aromatic rings. The van der Waals surface area contributed by atoms with Crippen molar-refractivity contribution in [2.24, 2.45) is 5.73 Å². The molecule has 2 N–H and O–H groups in total. The summed E-state index contributed by atoms with van der Waals surface area (Å²) in [7, 11) is 1.69. The Morgan fingerprint density at radius 1 is 1.44 bits per heavy atom. The number of amides is 1. The van der Waals surface area contributed by atoms with Gasteiger partial charge in [0.05, 0.1) is 6.04 Å². The lowest BCUT2D eigenvalue weighted by Gasteiger charge is -2.30. The summed E-state index contributed by atoms with van der Waals surface area (Å²) in [4.78, 5) is 17.4. The van der Waals surface area contributed by atoms with Gasteiger partial charge < -0.3 is 15.4 Å². The molecule has 1 aromatic heterocycles. The van der Waals surface area contributed by atoms with Crippen LogP contribution >= 0.6 is 0 Å². The number of hydrogen-bond acceptors (Lipinski definition) is 4. The van der Waals surface area contributed by atoms with Crippen LogP contribution in [-0.4, -0.2) is 35.2 Å². The van der Waals surface area contributed by atoms with Gasteiger partial charge in [0.2, 0.25) is 0 Å². The fraction of sp³-hybridized carbons (Fsp3) is 0.538. The second-order valence-electron chi connectivity index (χ2n) is 5.12. The van der Waals surface area contributed by atoms with Crippen molar-refractivity contribution in [2.45, 2.75) is 32.4 Å². The number of carbonyl (C=O) groups is 1. The minimum atomic E-state index is -0.511. The summed E-state index contributed by atoms with van der Waals surface area (Å²) >= 11 is 0. The predicted molar refractivity (Wildman–Crippen MR) is 70.0 cm³/mol. The molecule has 1 amide bonds. The summed E-state index contributed by atoms with van der Waals surface area (Å²) in [6.45, 7) is 5.84. The molecule has 0 aliphatic carbocycles.